The van der Waals surface area contributed by atoms with Crippen LogP contribution < -0.4 is 10.9 Å². The van der Waals surface area contributed by atoms with E-state index in [-0.39, 0.29) is 38.3 Å². The van der Waals surface area contributed by atoms with Gasteiger partial charge in [0.15, 0.2) is 5.43 Å². The number of para-hydroxylation sites is 1. The van der Waals surface area contributed by atoms with Crippen molar-refractivity contribution in [3.63, 3.8) is 0 Å². The van der Waals surface area contributed by atoms with Gasteiger partial charge in [0.05, 0.1) is 36.6 Å². The number of fused-ring (bicyclic) bond motifs is 5. The first kappa shape index (κ1) is 14.1. The van der Waals surface area contributed by atoms with E-state index in [4.69, 9.17) is 0 Å². The second-order valence-corrected chi connectivity index (χ2v) is 6.88. The molecule has 0 saturated heterocycles. The maximum absolute atomic E-state index is 13.0. The molecule has 3 aromatic carbocycles. The first-order valence-electron chi connectivity index (χ1n) is 7.63. The van der Waals surface area contributed by atoms with Crippen LogP contribution >= 0.6 is 11.3 Å². The number of aromatic hydroxyl groups is 1. The van der Waals surface area contributed by atoms with E-state index in [1.165, 1.54) is 23.6 Å². The summed E-state index contributed by atoms with van der Waals surface area (Å²) in [5, 5.41) is 10.9. The average Bonchev–Trinajstić information content (AvgIpc) is 2.64. The van der Waals surface area contributed by atoms with Crippen LogP contribution in [0.1, 0.15) is 0 Å². The molecule has 2 N–H and O–H groups in total. The minimum atomic E-state index is -0.386. The lowest BCUT2D eigenvalue weighted by molar-refractivity contribution is 0.482. The maximum atomic E-state index is 13.0. The maximum Gasteiger partial charge on any atom is 0.215 e. The Bertz CT molecular complexity index is 1450. The molecule has 0 aliphatic carbocycles. The molecule has 0 amide bonds. The lowest BCUT2D eigenvalue weighted by Crippen LogP contribution is -2.14. The third-order valence-corrected chi connectivity index (χ3v) is 5.48. The van der Waals surface area contributed by atoms with E-state index in [0.29, 0.717) is 10.2 Å². The number of nitrogens with one attached hydrogen (secondary N) is 1. The van der Waals surface area contributed by atoms with Crippen LogP contribution in [0.25, 0.3) is 42.1 Å². The number of aromatic nitrogens is 2. The summed E-state index contributed by atoms with van der Waals surface area (Å²) in [5.41, 5.74) is 0.790. The third-order valence-electron chi connectivity index (χ3n) is 4.36. The highest BCUT2D eigenvalue weighted by Crippen LogP contribution is 2.33. The summed E-state index contributed by atoms with van der Waals surface area (Å²) < 4.78 is 1.69. The zero-order chi connectivity index (χ0) is 17.1. The highest BCUT2D eigenvalue weighted by Gasteiger charge is 2.18. The standard InChI is InChI=1S/C19H10N2O3S/c22-11-8-13-17(21-10-5-1-2-6-12(10)25-13)15-14(11)18(23)9-4-3-7-20-16(9)19(15)24/h1-8,21-22H. The number of phenols is 1. The van der Waals surface area contributed by atoms with E-state index in [1.54, 1.807) is 12.1 Å². The van der Waals surface area contributed by atoms with E-state index in [1.807, 2.05) is 24.3 Å². The molecular weight excluding hydrogens is 336 g/mol. The summed E-state index contributed by atoms with van der Waals surface area (Å²) >= 11 is 1.45. The Balaban J connectivity index is 2.17. The average molecular weight is 346 g/mol. The van der Waals surface area contributed by atoms with E-state index in [0.717, 1.165) is 10.2 Å². The minimum Gasteiger partial charge on any atom is -0.507 e. The van der Waals surface area contributed by atoms with Gasteiger partial charge in [0.1, 0.15) is 11.3 Å². The van der Waals surface area contributed by atoms with Crippen LogP contribution in [0, 0.1) is 0 Å². The van der Waals surface area contributed by atoms with Crippen molar-refractivity contribution in [3.8, 4) is 5.75 Å². The Kier molecular flexibility index (Phi) is 2.75. The van der Waals surface area contributed by atoms with E-state index in [9.17, 15) is 14.7 Å². The number of hydrogen-bond acceptors (Lipinski definition) is 5. The summed E-state index contributed by atoms with van der Waals surface area (Å²) in [6, 6.07) is 12.4. The van der Waals surface area contributed by atoms with Gasteiger partial charge in [0.25, 0.3) is 0 Å². The van der Waals surface area contributed by atoms with E-state index in [2.05, 4.69) is 9.97 Å². The quantitative estimate of drug-likeness (QED) is 0.332. The fourth-order valence-electron chi connectivity index (χ4n) is 3.24. The molecule has 5 nitrogen and oxygen atoms in total. The van der Waals surface area contributed by atoms with Crippen molar-refractivity contribution in [3.05, 3.63) is 69.1 Å². The summed E-state index contributed by atoms with van der Waals surface area (Å²) in [6.07, 6.45) is 1.49. The fraction of sp³-hybridized carbons (Fsp3) is 0. The molecule has 25 heavy (non-hydrogen) atoms. The second kappa shape index (κ2) is 4.87. The van der Waals surface area contributed by atoms with Crippen LogP contribution in [0.4, 0.5) is 0 Å². The molecule has 0 atom stereocenters. The zero-order valence-corrected chi connectivity index (χ0v) is 13.6. The number of nitrogens with zero attached hydrogens (tertiary/aromatic N) is 1. The Morgan fingerprint density at radius 3 is 2.68 bits per heavy atom. The number of rotatable bonds is 0. The Labute approximate surface area is 143 Å². The summed E-state index contributed by atoms with van der Waals surface area (Å²) in [6.45, 7) is 0. The summed E-state index contributed by atoms with van der Waals surface area (Å²) in [7, 11) is 0. The molecule has 0 unspecified atom stereocenters. The van der Waals surface area contributed by atoms with Gasteiger partial charge in [0, 0.05) is 12.3 Å². The number of aromatic amines is 1. The van der Waals surface area contributed by atoms with Gasteiger partial charge in [-0.05, 0) is 24.3 Å². The van der Waals surface area contributed by atoms with Crippen LogP contribution in [0.2, 0.25) is 0 Å². The highest BCUT2D eigenvalue weighted by molar-refractivity contribution is 7.24. The fourth-order valence-corrected chi connectivity index (χ4v) is 4.28. The van der Waals surface area contributed by atoms with E-state index < -0.39 is 0 Å². The molecule has 0 aliphatic heterocycles. The number of H-pyrrole nitrogens is 1. The Hall–Kier alpha value is -3.25. The lowest BCUT2D eigenvalue weighted by Gasteiger charge is -2.08. The van der Waals surface area contributed by atoms with Crippen LogP contribution in [0.5, 0.6) is 5.75 Å². The molecular formula is C19H10N2O3S. The molecule has 0 bridgehead atoms. The molecule has 6 heteroatoms. The molecule has 0 saturated carbocycles. The zero-order valence-electron chi connectivity index (χ0n) is 12.7. The van der Waals surface area contributed by atoms with E-state index >= 15 is 0 Å². The molecule has 5 aromatic rings. The molecule has 2 heterocycles. The molecule has 120 valence electrons. The SMILES string of the molecule is O=c1c2cccnc2c(=O)c2c1c(O)cc1sc3ccccc3[nH]c12. The monoisotopic (exact) mass is 346 g/mol. The van der Waals surface area contributed by atoms with Gasteiger partial charge in [-0.15, -0.1) is 11.3 Å². The van der Waals surface area contributed by atoms with Crippen LogP contribution in [-0.4, -0.2) is 15.1 Å². The van der Waals surface area contributed by atoms with Crippen molar-refractivity contribution in [2.24, 2.45) is 0 Å². The molecule has 0 radical (unpaired) electrons. The van der Waals surface area contributed by atoms with Crippen molar-refractivity contribution in [1.82, 2.24) is 9.97 Å². The molecule has 0 fully saturated rings. The molecule has 2 aromatic heterocycles. The largest absolute Gasteiger partial charge is 0.507 e. The molecule has 0 aliphatic rings. The van der Waals surface area contributed by atoms with Gasteiger partial charge in [0.2, 0.25) is 5.43 Å². The van der Waals surface area contributed by atoms with Gasteiger partial charge in [-0.25, -0.2) is 0 Å². The summed E-state index contributed by atoms with van der Waals surface area (Å²) in [5.74, 6) is -0.185. The third kappa shape index (κ3) is 1.85. The van der Waals surface area contributed by atoms with Crippen LogP contribution in [0.15, 0.2) is 58.3 Å². The molecule has 5 rings (SSSR count). The Morgan fingerprint density at radius 2 is 1.80 bits per heavy atom. The van der Waals surface area contributed by atoms with Gasteiger partial charge in [-0.1, -0.05) is 12.1 Å². The van der Waals surface area contributed by atoms with Gasteiger partial charge in [-0.2, -0.15) is 0 Å². The number of hydrogen-bond donors (Lipinski definition) is 2. The van der Waals surface area contributed by atoms with Crippen molar-refractivity contribution >= 4 is 53.4 Å². The first-order valence-corrected chi connectivity index (χ1v) is 8.45. The van der Waals surface area contributed by atoms with Gasteiger partial charge >= 0.3 is 0 Å². The van der Waals surface area contributed by atoms with Crippen molar-refractivity contribution in [2.75, 3.05) is 0 Å². The molecule has 0 spiro atoms. The van der Waals surface area contributed by atoms with Crippen molar-refractivity contribution in [2.45, 2.75) is 0 Å². The lowest BCUT2D eigenvalue weighted by atomic mass is 10.0. The predicted molar refractivity (Wildman–Crippen MR) is 101 cm³/mol. The van der Waals surface area contributed by atoms with Crippen molar-refractivity contribution in [1.29, 1.82) is 0 Å². The predicted octanol–water partition coefficient (Wildman–Crippen LogP) is 3.51. The van der Waals surface area contributed by atoms with Crippen molar-refractivity contribution < 1.29 is 5.11 Å². The number of phenolic OH excluding ortho intramolecular Hbond substituents is 1. The van der Waals surface area contributed by atoms with Crippen LogP contribution in [0.3, 0.4) is 0 Å². The highest BCUT2D eigenvalue weighted by atomic mass is 32.1. The topological polar surface area (TPSA) is 83.1 Å². The number of pyridine rings is 1. The normalized spacial score (nSPS) is 11.7. The smallest absolute Gasteiger partial charge is 0.215 e. The van der Waals surface area contributed by atoms with Gasteiger partial charge < -0.3 is 10.1 Å². The Morgan fingerprint density at radius 1 is 0.960 bits per heavy atom. The summed E-state index contributed by atoms with van der Waals surface area (Å²) in [4.78, 5) is 33.2. The van der Waals surface area contributed by atoms with Gasteiger partial charge in [-0.3, -0.25) is 14.6 Å². The second-order valence-electron chi connectivity index (χ2n) is 5.80. The number of benzene rings is 3. The minimum absolute atomic E-state index is 0.0386. The first-order chi connectivity index (χ1) is 12.1. The van der Waals surface area contributed by atoms with Crippen LogP contribution in [-0.2, 0) is 0 Å².